The highest BCUT2D eigenvalue weighted by atomic mass is 35.5. The van der Waals surface area contributed by atoms with Crippen molar-refractivity contribution >= 4 is 34.6 Å². The van der Waals surface area contributed by atoms with Gasteiger partial charge in [-0.1, -0.05) is 23.2 Å². The minimum absolute atomic E-state index is 0.00242. The van der Waals surface area contributed by atoms with E-state index in [4.69, 9.17) is 32.4 Å². The van der Waals surface area contributed by atoms with Crippen LogP contribution in [0.1, 0.15) is 16.1 Å². The Bertz CT molecular complexity index is 1120. The number of furan rings is 1. The van der Waals surface area contributed by atoms with Gasteiger partial charge in [-0.05, 0) is 24.3 Å². The number of ether oxygens (including phenoxy) is 1. The maximum Gasteiger partial charge on any atom is 0.218 e. The second-order valence-electron chi connectivity index (χ2n) is 5.62. The summed E-state index contributed by atoms with van der Waals surface area (Å²) in [5.41, 5.74) is 1.23. The number of nitrogens with zero attached hydrogens (tertiary/aromatic N) is 4. The molecule has 0 aliphatic rings. The number of carbonyl (C=O) groups is 1. The van der Waals surface area contributed by atoms with Crippen LogP contribution in [0.4, 0.5) is 0 Å². The lowest BCUT2D eigenvalue weighted by Gasteiger charge is -2.08. The van der Waals surface area contributed by atoms with E-state index >= 15 is 0 Å². The van der Waals surface area contributed by atoms with E-state index in [1.807, 2.05) is 0 Å². The third kappa shape index (κ3) is 3.15. The van der Waals surface area contributed by atoms with E-state index in [1.54, 1.807) is 24.3 Å². The lowest BCUT2D eigenvalue weighted by molar-refractivity contribution is 0.0986. The fraction of sp³-hybridized carbons (Fsp3) is 0.111. The van der Waals surface area contributed by atoms with Gasteiger partial charge in [0.1, 0.15) is 5.69 Å². The van der Waals surface area contributed by atoms with E-state index in [9.17, 15) is 4.79 Å². The first-order valence-corrected chi connectivity index (χ1v) is 8.63. The number of aromatic nitrogens is 4. The number of hydrogen-bond acceptors (Lipinski definition) is 6. The van der Waals surface area contributed by atoms with Gasteiger partial charge >= 0.3 is 0 Å². The van der Waals surface area contributed by atoms with Crippen LogP contribution < -0.4 is 4.74 Å². The lowest BCUT2D eigenvalue weighted by atomic mass is 10.1. The molecule has 0 unspecified atom stereocenters. The summed E-state index contributed by atoms with van der Waals surface area (Å²) in [6.45, 7) is 0. The average molecular weight is 403 g/mol. The van der Waals surface area contributed by atoms with Crippen molar-refractivity contribution in [2.75, 3.05) is 7.11 Å². The fourth-order valence-electron chi connectivity index (χ4n) is 2.68. The Hall–Kier alpha value is -2.90. The number of Topliss-reactive ketones (excluding diaryl/α,β-unsaturated/α-hetero) is 1. The molecule has 9 heteroatoms. The van der Waals surface area contributed by atoms with Gasteiger partial charge in [-0.2, -0.15) is 0 Å². The third-order valence-electron chi connectivity index (χ3n) is 3.99. The fourth-order valence-corrected chi connectivity index (χ4v) is 3.18. The molecular formula is C18H12Cl2N4O3. The molecule has 0 amide bonds. The first kappa shape index (κ1) is 17.5. The first-order valence-electron chi connectivity index (χ1n) is 7.87. The van der Waals surface area contributed by atoms with Gasteiger partial charge in [0.15, 0.2) is 22.9 Å². The Labute approximate surface area is 163 Å². The van der Waals surface area contributed by atoms with Crippen LogP contribution >= 0.6 is 23.2 Å². The maximum atomic E-state index is 12.9. The second-order valence-corrected chi connectivity index (χ2v) is 6.43. The predicted octanol–water partition coefficient (Wildman–Crippen LogP) is 4.13. The van der Waals surface area contributed by atoms with Gasteiger partial charge in [-0.3, -0.25) is 9.78 Å². The zero-order valence-electron chi connectivity index (χ0n) is 14.0. The molecule has 136 valence electrons. The van der Waals surface area contributed by atoms with Crippen LogP contribution in [0.2, 0.25) is 10.0 Å². The molecule has 0 fully saturated rings. The van der Waals surface area contributed by atoms with E-state index in [2.05, 4.69) is 15.1 Å². The Morgan fingerprint density at radius 1 is 1.22 bits per heavy atom. The number of halogens is 2. The van der Waals surface area contributed by atoms with Gasteiger partial charge < -0.3 is 9.15 Å². The van der Waals surface area contributed by atoms with Gasteiger partial charge in [-0.25, -0.2) is 9.50 Å². The second kappa shape index (κ2) is 7.02. The van der Waals surface area contributed by atoms with Crippen LogP contribution in [0.25, 0.3) is 17.2 Å². The van der Waals surface area contributed by atoms with Crippen LogP contribution in [-0.2, 0) is 6.42 Å². The quantitative estimate of drug-likeness (QED) is 0.466. The van der Waals surface area contributed by atoms with Crippen molar-refractivity contribution in [1.29, 1.82) is 0 Å². The van der Waals surface area contributed by atoms with E-state index in [-0.39, 0.29) is 12.2 Å². The highest BCUT2D eigenvalue weighted by Crippen LogP contribution is 2.27. The van der Waals surface area contributed by atoms with Crippen LogP contribution in [0.5, 0.6) is 5.75 Å². The summed E-state index contributed by atoms with van der Waals surface area (Å²) in [6, 6.07) is 6.76. The summed E-state index contributed by atoms with van der Waals surface area (Å²) in [4.78, 5) is 21.3. The maximum absolute atomic E-state index is 12.9. The lowest BCUT2D eigenvalue weighted by Crippen LogP contribution is -2.11. The predicted molar refractivity (Wildman–Crippen MR) is 99.5 cm³/mol. The zero-order valence-corrected chi connectivity index (χ0v) is 15.5. The summed E-state index contributed by atoms with van der Waals surface area (Å²) in [5.74, 6) is 1.09. The molecule has 0 saturated carbocycles. The van der Waals surface area contributed by atoms with Crippen LogP contribution in [0.15, 0.2) is 47.3 Å². The minimum atomic E-state index is -0.228. The number of methoxy groups -OCH3 is 1. The molecule has 0 aliphatic carbocycles. The summed E-state index contributed by atoms with van der Waals surface area (Å²) < 4.78 is 12.1. The molecule has 0 aliphatic heterocycles. The Morgan fingerprint density at radius 3 is 2.67 bits per heavy atom. The highest BCUT2D eigenvalue weighted by Gasteiger charge is 2.20. The van der Waals surface area contributed by atoms with Gasteiger partial charge in [0, 0.05) is 24.4 Å². The third-order valence-corrected chi connectivity index (χ3v) is 4.64. The highest BCUT2D eigenvalue weighted by molar-refractivity contribution is 6.36. The molecule has 4 aromatic heterocycles. The summed E-state index contributed by atoms with van der Waals surface area (Å²) in [7, 11) is 1.52. The van der Waals surface area contributed by atoms with Crippen molar-refractivity contribution < 1.29 is 13.9 Å². The molecule has 0 N–H and O–H groups in total. The molecular weight excluding hydrogens is 391 g/mol. The van der Waals surface area contributed by atoms with Crippen molar-refractivity contribution in [3.8, 4) is 17.3 Å². The normalized spacial score (nSPS) is 11.1. The van der Waals surface area contributed by atoms with Gasteiger partial charge in [0.2, 0.25) is 5.82 Å². The standard InChI is InChI=1S/C18H12Cl2N4O3/c1-26-16-5-4-13(14(25)7-10-11(19)8-21-9-12(10)20)24-18(16)22-17(23-24)15-3-2-6-27-15/h2-6,8-9H,7H2,1H3. The molecule has 0 saturated heterocycles. The van der Waals surface area contributed by atoms with Gasteiger partial charge in [-0.15, -0.1) is 5.10 Å². The molecule has 7 nitrogen and oxygen atoms in total. The van der Waals surface area contributed by atoms with Gasteiger partial charge in [0.25, 0.3) is 0 Å². The molecule has 0 radical (unpaired) electrons. The number of pyridine rings is 2. The Morgan fingerprint density at radius 2 is 2.00 bits per heavy atom. The van der Waals surface area contributed by atoms with Crippen LogP contribution in [0.3, 0.4) is 0 Å². The molecule has 4 rings (SSSR count). The van der Waals surface area contributed by atoms with Crippen molar-refractivity contribution in [3.05, 3.63) is 64.2 Å². The molecule has 4 heterocycles. The van der Waals surface area contributed by atoms with Gasteiger partial charge in [0.05, 0.1) is 23.4 Å². The van der Waals surface area contributed by atoms with E-state index in [1.165, 1.54) is 30.3 Å². The molecule has 0 atom stereocenters. The first-order chi connectivity index (χ1) is 13.1. The van der Waals surface area contributed by atoms with E-state index in [0.29, 0.717) is 44.3 Å². The van der Waals surface area contributed by atoms with Crippen molar-refractivity contribution in [3.63, 3.8) is 0 Å². The number of ketones is 1. The Kier molecular flexibility index (Phi) is 4.55. The molecule has 0 bridgehead atoms. The van der Waals surface area contributed by atoms with Crippen LogP contribution in [0, 0.1) is 0 Å². The Balaban J connectivity index is 1.80. The smallest absolute Gasteiger partial charge is 0.218 e. The molecule has 0 aromatic carbocycles. The van der Waals surface area contributed by atoms with Crippen molar-refractivity contribution in [1.82, 2.24) is 19.6 Å². The minimum Gasteiger partial charge on any atom is -0.493 e. The van der Waals surface area contributed by atoms with Crippen molar-refractivity contribution in [2.45, 2.75) is 6.42 Å². The summed E-state index contributed by atoms with van der Waals surface area (Å²) >= 11 is 12.3. The van der Waals surface area contributed by atoms with Crippen LogP contribution in [-0.4, -0.2) is 32.5 Å². The number of carbonyl (C=O) groups excluding carboxylic acids is 1. The number of hydrogen-bond donors (Lipinski definition) is 0. The summed E-state index contributed by atoms with van der Waals surface area (Å²) in [6.07, 6.45) is 4.42. The summed E-state index contributed by atoms with van der Waals surface area (Å²) in [5, 5.41) is 5.06. The van der Waals surface area contributed by atoms with E-state index < -0.39 is 0 Å². The monoisotopic (exact) mass is 402 g/mol. The van der Waals surface area contributed by atoms with E-state index in [0.717, 1.165) is 0 Å². The number of rotatable bonds is 5. The topological polar surface area (TPSA) is 82.5 Å². The van der Waals surface area contributed by atoms with Crippen molar-refractivity contribution in [2.24, 2.45) is 0 Å². The molecule has 4 aromatic rings. The molecule has 0 spiro atoms. The average Bonchev–Trinajstić information content (AvgIpc) is 3.33. The number of fused-ring (bicyclic) bond motifs is 1. The largest absolute Gasteiger partial charge is 0.493 e. The molecule has 27 heavy (non-hydrogen) atoms. The zero-order chi connectivity index (χ0) is 19.0. The SMILES string of the molecule is COc1ccc(C(=O)Cc2c(Cl)cncc2Cl)n2nc(-c3ccco3)nc12.